The minimum Gasteiger partial charge on any atom is -0.391 e. The van der Waals surface area contributed by atoms with Crippen LogP contribution in [0.5, 0.6) is 0 Å². The molecule has 104 valence electrons. The molecule has 1 saturated carbocycles. The molecule has 0 unspecified atom stereocenters. The number of hydrogen-bond acceptors (Lipinski definition) is 3. The molecule has 0 bridgehead atoms. The highest BCUT2D eigenvalue weighted by atomic mass is 32.1. The van der Waals surface area contributed by atoms with Gasteiger partial charge < -0.3 is 11.1 Å². The van der Waals surface area contributed by atoms with E-state index < -0.39 is 5.54 Å². The highest BCUT2D eigenvalue weighted by Crippen LogP contribution is 2.30. The van der Waals surface area contributed by atoms with E-state index in [0.29, 0.717) is 11.4 Å². The Kier molecular flexibility index (Phi) is 4.93. The molecule has 0 radical (unpaired) electrons. The van der Waals surface area contributed by atoms with Crippen LogP contribution in [0.4, 0.5) is 0 Å². The van der Waals surface area contributed by atoms with Crippen LogP contribution >= 0.6 is 23.6 Å². The summed E-state index contributed by atoms with van der Waals surface area (Å²) in [4.78, 5) is 13.8. The van der Waals surface area contributed by atoms with Crippen molar-refractivity contribution in [3.8, 4) is 0 Å². The predicted octanol–water partition coefficient (Wildman–Crippen LogP) is 2.79. The third kappa shape index (κ3) is 3.76. The molecule has 1 aromatic heterocycles. The first-order valence-corrected chi connectivity index (χ1v) is 8.04. The maximum absolute atomic E-state index is 12.0. The number of thiophene rings is 1. The first-order chi connectivity index (χ1) is 9.12. The molecule has 5 heteroatoms. The van der Waals surface area contributed by atoms with Crippen LogP contribution in [0.25, 0.3) is 0 Å². The molecule has 2 rings (SSSR count). The van der Waals surface area contributed by atoms with Gasteiger partial charge in [-0.1, -0.05) is 31.1 Å². The number of amides is 1. The Bertz CT molecular complexity index is 436. The van der Waals surface area contributed by atoms with E-state index in [1.807, 2.05) is 6.07 Å². The van der Waals surface area contributed by atoms with Gasteiger partial charge in [-0.05, 0) is 37.1 Å². The number of thiocarbonyl (C=S) groups is 1. The molecule has 0 saturated heterocycles. The minimum absolute atomic E-state index is 0.0752. The third-order valence-corrected chi connectivity index (χ3v) is 5.04. The fraction of sp³-hybridized carbons (Fsp3) is 0.571. The summed E-state index contributed by atoms with van der Waals surface area (Å²) >= 11 is 6.87. The van der Waals surface area contributed by atoms with Gasteiger partial charge in [0.05, 0.1) is 10.5 Å². The van der Waals surface area contributed by atoms with E-state index in [9.17, 15) is 4.79 Å². The zero-order valence-electron chi connectivity index (χ0n) is 11.0. The van der Waals surface area contributed by atoms with Gasteiger partial charge in [-0.15, -0.1) is 11.3 Å². The Balaban J connectivity index is 1.78. The molecule has 1 aliphatic rings. The van der Waals surface area contributed by atoms with E-state index in [-0.39, 0.29) is 5.91 Å². The largest absolute Gasteiger partial charge is 0.391 e. The zero-order chi connectivity index (χ0) is 13.7. The Morgan fingerprint density at radius 1 is 1.47 bits per heavy atom. The number of carbonyl (C=O) groups excluding carboxylic acids is 1. The van der Waals surface area contributed by atoms with Gasteiger partial charge in [0.1, 0.15) is 0 Å². The quantitative estimate of drug-likeness (QED) is 0.794. The van der Waals surface area contributed by atoms with Crippen molar-refractivity contribution in [1.82, 2.24) is 5.32 Å². The number of rotatable bonds is 6. The Morgan fingerprint density at radius 2 is 2.21 bits per heavy atom. The number of nitrogens with one attached hydrogen (secondary N) is 1. The Hall–Kier alpha value is -0.940. The fourth-order valence-corrected chi connectivity index (χ4v) is 3.63. The Morgan fingerprint density at radius 3 is 2.79 bits per heavy atom. The Labute approximate surface area is 123 Å². The molecule has 0 atom stereocenters. The second kappa shape index (κ2) is 6.48. The van der Waals surface area contributed by atoms with E-state index in [0.717, 1.165) is 38.5 Å². The summed E-state index contributed by atoms with van der Waals surface area (Å²) in [6.45, 7) is 0. The third-order valence-electron chi connectivity index (χ3n) is 3.71. The van der Waals surface area contributed by atoms with Crippen LogP contribution in [0.2, 0.25) is 0 Å². The van der Waals surface area contributed by atoms with Gasteiger partial charge in [0.15, 0.2) is 0 Å². The van der Waals surface area contributed by atoms with Crippen molar-refractivity contribution < 1.29 is 4.79 Å². The number of hydrogen-bond donors (Lipinski definition) is 2. The van der Waals surface area contributed by atoms with Crippen LogP contribution in [-0.2, 0) is 11.2 Å². The SMILES string of the molecule is NC(=S)C1(NC(=O)CCCc2cccs2)CCCC1. The highest BCUT2D eigenvalue weighted by molar-refractivity contribution is 7.80. The molecule has 19 heavy (non-hydrogen) atoms. The molecule has 1 aromatic rings. The highest BCUT2D eigenvalue weighted by Gasteiger charge is 2.37. The fourth-order valence-electron chi connectivity index (χ4n) is 2.62. The van der Waals surface area contributed by atoms with Gasteiger partial charge in [0.25, 0.3) is 0 Å². The second-order valence-electron chi connectivity index (χ2n) is 5.13. The van der Waals surface area contributed by atoms with Crippen LogP contribution in [0.1, 0.15) is 43.4 Å². The summed E-state index contributed by atoms with van der Waals surface area (Å²) < 4.78 is 0. The maximum Gasteiger partial charge on any atom is 0.220 e. The van der Waals surface area contributed by atoms with Crippen molar-refractivity contribution in [2.75, 3.05) is 0 Å². The van der Waals surface area contributed by atoms with Crippen molar-refractivity contribution in [3.05, 3.63) is 22.4 Å². The number of nitrogens with two attached hydrogens (primary N) is 1. The summed E-state index contributed by atoms with van der Waals surface area (Å²) in [5, 5.41) is 5.14. The lowest BCUT2D eigenvalue weighted by Gasteiger charge is -2.29. The normalized spacial score (nSPS) is 17.3. The van der Waals surface area contributed by atoms with E-state index >= 15 is 0 Å². The maximum atomic E-state index is 12.0. The lowest BCUT2D eigenvalue weighted by Crippen LogP contribution is -2.54. The zero-order valence-corrected chi connectivity index (χ0v) is 12.6. The smallest absolute Gasteiger partial charge is 0.220 e. The van der Waals surface area contributed by atoms with E-state index in [1.165, 1.54) is 4.88 Å². The summed E-state index contributed by atoms with van der Waals surface area (Å²) in [7, 11) is 0. The minimum atomic E-state index is -0.407. The van der Waals surface area contributed by atoms with Gasteiger partial charge >= 0.3 is 0 Å². The topological polar surface area (TPSA) is 55.1 Å². The predicted molar refractivity (Wildman–Crippen MR) is 83.4 cm³/mol. The van der Waals surface area contributed by atoms with Gasteiger partial charge in [-0.25, -0.2) is 0 Å². The average molecular weight is 296 g/mol. The first-order valence-electron chi connectivity index (χ1n) is 6.76. The van der Waals surface area contributed by atoms with Crippen LogP contribution in [-0.4, -0.2) is 16.4 Å². The van der Waals surface area contributed by atoms with Crippen molar-refractivity contribution in [3.63, 3.8) is 0 Å². The van der Waals surface area contributed by atoms with Crippen LogP contribution in [0.3, 0.4) is 0 Å². The van der Waals surface area contributed by atoms with Gasteiger partial charge in [0, 0.05) is 11.3 Å². The van der Waals surface area contributed by atoms with Crippen molar-refractivity contribution >= 4 is 34.5 Å². The molecule has 1 heterocycles. The summed E-state index contributed by atoms with van der Waals surface area (Å²) in [6, 6.07) is 4.15. The number of carbonyl (C=O) groups is 1. The molecule has 1 amide bonds. The summed E-state index contributed by atoms with van der Waals surface area (Å²) in [6.07, 6.45) is 6.34. The van der Waals surface area contributed by atoms with Crippen molar-refractivity contribution in [2.24, 2.45) is 5.73 Å². The summed E-state index contributed by atoms with van der Waals surface area (Å²) in [5.74, 6) is 0.0752. The van der Waals surface area contributed by atoms with Crippen molar-refractivity contribution in [2.45, 2.75) is 50.5 Å². The molecule has 1 fully saturated rings. The molecule has 0 aliphatic heterocycles. The monoisotopic (exact) mass is 296 g/mol. The summed E-state index contributed by atoms with van der Waals surface area (Å²) in [5.41, 5.74) is 5.40. The van der Waals surface area contributed by atoms with Crippen LogP contribution < -0.4 is 11.1 Å². The van der Waals surface area contributed by atoms with E-state index in [2.05, 4.69) is 16.8 Å². The van der Waals surface area contributed by atoms with Gasteiger partial charge in [-0.2, -0.15) is 0 Å². The lowest BCUT2D eigenvalue weighted by molar-refractivity contribution is -0.122. The number of aryl methyl sites for hydroxylation is 1. The van der Waals surface area contributed by atoms with Gasteiger partial charge in [-0.3, -0.25) is 4.79 Å². The van der Waals surface area contributed by atoms with E-state index in [1.54, 1.807) is 11.3 Å². The van der Waals surface area contributed by atoms with Crippen molar-refractivity contribution in [1.29, 1.82) is 0 Å². The molecular weight excluding hydrogens is 276 g/mol. The standard InChI is InChI=1S/C14H20N2OS2/c15-13(18)14(8-1-2-9-14)16-12(17)7-3-5-11-6-4-10-19-11/h4,6,10H,1-3,5,7-9H2,(H2,15,18)(H,16,17). The van der Waals surface area contributed by atoms with Crippen LogP contribution in [0, 0.1) is 0 Å². The lowest BCUT2D eigenvalue weighted by atomic mass is 9.97. The molecule has 0 aromatic carbocycles. The van der Waals surface area contributed by atoms with E-state index in [4.69, 9.17) is 18.0 Å². The molecule has 3 N–H and O–H groups in total. The van der Waals surface area contributed by atoms with Crippen LogP contribution in [0.15, 0.2) is 17.5 Å². The second-order valence-corrected chi connectivity index (χ2v) is 6.61. The molecular formula is C14H20N2OS2. The molecule has 0 spiro atoms. The average Bonchev–Trinajstić information content (AvgIpc) is 3.00. The first kappa shape index (κ1) is 14.5. The molecule has 3 nitrogen and oxygen atoms in total. The molecule has 1 aliphatic carbocycles. The van der Waals surface area contributed by atoms with Gasteiger partial charge in [0.2, 0.25) is 5.91 Å².